The third-order valence-corrected chi connectivity index (χ3v) is 4.44. The van der Waals surface area contributed by atoms with Crippen molar-refractivity contribution >= 4 is 28.8 Å². The van der Waals surface area contributed by atoms with Gasteiger partial charge in [0.2, 0.25) is 0 Å². The first kappa shape index (κ1) is 18.7. The molecule has 1 atom stereocenters. The molecule has 1 aliphatic rings. The molecular weight excluding hydrogens is 384 g/mol. The molecule has 8 nitrogen and oxygen atoms in total. The Hall–Kier alpha value is -2.68. The number of ether oxygens (including phenoxy) is 3. The van der Waals surface area contributed by atoms with Crippen molar-refractivity contribution in [2.75, 3.05) is 18.5 Å². The van der Waals surface area contributed by atoms with E-state index in [-0.39, 0.29) is 18.6 Å². The summed E-state index contributed by atoms with van der Waals surface area (Å²) in [4.78, 5) is 16.9. The lowest BCUT2D eigenvalue weighted by Gasteiger charge is -2.18. The van der Waals surface area contributed by atoms with E-state index in [9.17, 15) is 4.79 Å². The van der Waals surface area contributed by atoms with Gasteiger partial charge >= 0.3 is 0 Å². The van der Waals surface area contributed by atoms with Crippen LogP contribution in [0.5, 0.6) is 5.75 Å². The van der Waals surface area contributed by atoms with Crippen LogP contribution >= 0.6 is 11.6 Å². The Bertz CT molecular complexity index is 1020. The van der Waals surface area contributed by atoms with Gasteiger partial charge in [-0.25, -0.2) is 9.50 Å². The summed E-state index contributed by atoms with van der Waals surface area (Å²) < 4.78 is 18.7. The highest BCUT2D eigenvalue weighted by Crippen LogP contribution is 2.30. The number of halogens is 1. The molecule has 0 aliphatic carbocycles. The molecule has 0 saturated carbocycles. The van der Waals surface area contributed by atoms with E-state index in [2.05, 4.69) is 15.4 Å². The first-order valence-electron chi connectivity index (χ1n) is 8.75. The average molecular weight is 403 g/mol. The van der Waals surface area contributed by atoms with Crippen LogP contribution in [-0.2, 0) is 9.47 Å². The predicted molar refractivity (Wildman–Crippen MR) is 103 cm³/mol. The molecule has 1 N–H and O–H groups in total. The number of nitrogens with zero attached hydrogens (tertiary/aromatic N) is 3. The first-order valence-corrected chi connectivity index (χ1v) is 9.13. The number of carbonyl (C=O) groups is 1. The lowest BCUT2D eigenvalue weighted by molar-refractivity contribution is -0.141. The Labute approximate surface area is 166 Å². The lowest BCUT2D eigenvalue weighted by Crippen LogP contribution is -2.25. The van der Waals surface area contributed by atoms with Crippen LogP contribution in [0.25, 0.3) is 5.65 Å². The van der Waals surface area contributed by atoms with Crippen LogP contribution in [0, 0.1) is 0 Å². The Morgan fingerprint density at radius 3 is 3.11 bits per heavy atom. The summed E-state index contributed by atoms with van der Waals surface area (Å²) >= 11 is 6.10. The average Bonchev–Trinajstić information content (AvgIpc) is 3.24. The van der Waals surface area contributed by atoms with Crippen LogP contribution in [-0.4, -0.2) is 45.6 Å². The molecule has 0 bridgehead atoms. The highest BCUT2D eigenvalue weighted by Gasteiger charge is 2.33. The smallest absolute Gasteiger partial charge is 0.261 e. The molecule has 0 spiro atoms. The van der Waals surface area contributed by atoms with Crippen LogP contribution in [0.15, 0.2) is 42.9 Å². The molecule has 1 aliphatic heterocycles. The molecule has 3 heterocycles. The molecule has 4 rings (SSSR count). The standard InChI is InChI=1S/C19H19ClN4O4/c1-19(2)27-11-13(28-19)10-26-16-5-4-12(20)8-15(16)23-18(25)14-9-22-24-7-3-6-21-17(14)24/h3-9,13H,10-11H2,1-2H3,(H,23,25)/t13-/m0/s1. The normalized spacial score (nSPS) is 18.3. The van der Waals surface area contributed by atoms with Crippen molar-refractivity contribution in [3.63, 3.8) is 0 Å². The summed E-state index contributed by atoms with van der Waals surface area (Å²) in [5, 5.41) is 7.43. The summed E-state index contributed by atoms with van der Waals surface area (Å²) in [5.41, 5.74) is 1.26. The van der Waals surface area contributed by atoms with Crippen molar-refractivity contribution < 1.29 is 19.0 Å². The summed E-state index contributed by atoms with van der Waals surface area (Å²) in [6.45, 7) is 4.43. The van der Waals surface area contributed by atoms with Crippen molar-refractivity contribution in [3.05, 3.63) is 53.4 Å². The number of rotatable bonds is 5. The number of carbonyl (C=O) groups excluding carboxylic acids is 1. The Balaban J connectivity index is 1.51. The van der Waals surface area contributed by atoms with Gasteiger partial charge in [0.1, 0.15) is 24.0 Å². The van der Waals surface area contributed by atoms with E-state index < -0.39 is 5.79 Å². The fourth-order valence-corrected chi connectivity index (χ4v) is 3.10. The summed E-state index contributed by atoms with van der Waals surface area (Å²) in [6, 6.07) is 6.76. The molecular formula is C19H19ClN4O4. The molecule has 1 aromatic carbocycles. The van der Waals surface area contributed by atoms with Gasteiger partial charge in [-0.05, 0) is 38.1 Å². The highest BCUT2D eigenvalue weighted by molar-refractivity contribution is 6.31. The van der Waals surface area contributed by atoms with Crippen molar-refractivity contribution in [2.24, 2.45) is 0 Å². The third kappa shape index (κ3) is 3.94. The minimum atomic E-state index is -0.623. The maximum atomic E-state index is 12.8. The fourth-order valence-electron chi connectivity index (χ4n) is 2.93. The van der Waals surface area contributed by atoms with E-state index >= 15 is 0 Å². The van der Waals surface area contributed by atoms with Crippen LogP contribution in [0.1, 0.15) is 24.2 Å². The van der Waals surface area contributed by atoms with Gasteiger partial charge in [0, 0.05) is 17.4 Å². The number of hydrogen-bond donors (Lipinski definition) is 1. The Morgan fingerprint density at radius 2 is 2.32 bits per heavy atom. The van der Waals surface area contributed by atoms with Crippen molar-refractivity contribution in [3.8, 4) is 5.75 Å². The van der Waals surface area contributed by atoms with Crippen LogP contribution in [0.4, 0.5) is 5.69 Å². The van der Waals surface area contributed by atoms with E-state index in [1.54, 1.807) is 36.7 Å². The molecule has 1 fully saturated rings. The van der Waals surface area contributed by atoms with Crippen molar-refractivity contribution in [1.29, 1.82) is 0 Å². The van der Waals surface area contributed by atoms with E-state index in [1.165, 1.54) is 10.7 Å². The number of amides is 1. The zero-order valence-electron chi connectivity index (χ0n) is 15.4. The maximum Gasteiger partial charge on any atom is 0.261 e. The molecule has 1 saturated heterocycles. The van der Waals surface area contributed by atoms with Gasteiger partial charge in [-0.3, -0.25) is 4.79 Å². The lowest BCUT2D eigenvalue weighted by atomic mass is 10.2. The number of anilines is 1. The number of nitrogens with one attached hydrogen (secondary N) is 1. The van der Waals surface area contributed by atoms with Crippen LogP contribution < -0.4 is 10.1 Å². The number of aromatic nitrogens is 3. The van der Waals surface area contributed by atoms with Gasteiger partial charge in [0.25, 0.3) is 5.91 Å². The van der Waals surface area contributed by atoms with Gasteiger partial charge in [0.15, 0.2) is 11.4 Å². The molecule has 0 unspecified atom stereocenters. The molecule has 146 valence electrons. The second kappa shape index (κ2) is 7.38. The third-order valence-electron chi connectivity index (χ3n) is 4.21. The minimum Gasteiger partial charge on any atom is -0.489 e. The minimum absolute atomic E-state index is 0.196. The van der Waals surface area contributed by atoms with Gasteiger partial charge in [-0.2, -0.15) is 5.10 Å². The monoisotopic (exact) mass is 402 g/mol. The second-order valence-electron chi connectivity index (χ2n) is 6.80. The first-order chi connectivity index (χ1) is 13.4. The number of fused-ring (bicyclic) bond motifs is 1. The SMILES string of the molecule is CC1(C)OC[C@H](COc2ccc(Cl)cc2NC(=O)c2cnn3cccnc23)O1. The van der Waals surface area contributed by atoms with E-state index in [4.69, 9.17) is 25.8 Å². The van der Waals surface area contributed by atoms with Crippen molar-refractivity contribution in [2.45, 2.75) is 25.7 Å². The molecule has 1 amide bonds. The molecule has 9 heteroatoms. The van der Waals surface area contributed by atoms with Crippen LogP contribution in [0.2, 0.25) is 5.02 Å². The Kier molecular flexibility index (Phi) is 4.92. The predicted octanol–water partition coefficient (Wildman–Crippen LogP) is 3.17. The van der Waals surface area contributed by atoms with Gasteiger partial charge in [0.05, 0.1) is 18.5 Å². The maximum absolute atomic E-state index is 12.8. The summed E-state index contributed by atoms with van der Waals surface area (Å²) in [6.07, 6.45) is 4.60. The van der Waals surface area contributed by atoms with E-state index in [0.29, 0.717) is 34.3 Å². The van der Waals surface area contributed by atoms with E-state index in [1.807, 2.05) is 13.8 Å². The number of benzene rings is 1. The topological polar surface area (TPSA) is 87.0 Å². The van der Waals surface area contributed by atoms with E-state index in [0.717, 1.165) is 0 Å². The van der Waals surface area contributed by atoms with Crippen LogP contribution in [0.3, 0.4) is 0 Å². The van der Waals surface area contributed by atoms with Gasteiger partial charge in [-0.15, -0.1) is 0 Å². The quantitative estimate of drug-likeness (QED) is 0.705. The fraction of sp³-hybridized carbons (Fsp3) is 0.316. The highest BCUT2D eigenvalue weighted by atomic mass is 35.5. The summed E-state index contributed by atoms with van der Waals surface area (Å²) in [7, 11) is 0. The molecule has 2 aromatic heterocycles. The second-order valence-corrected chi connectivity index (χ2v) is 7.24. The zero-order valence-corrected chi connectivity index (χ0v) is 16.1. The molecule has 0 radical (unpaired) electrons. The number of hydrogen-bond acceptors (Lipinski definition) is 6. The molecule has 28 heavy (non-hydrogen) atoms. The Morgan fingerprint density at radius 1 is 1.46 bits per heavy atom. The summed E-state index contributed by atoms with van der Waals surface area (Å²) in [5.74, 6) is -0.500. The molecule has 3 aromatic rings. The van der Waals surface area contributed by atoms with Crippen molar-refractivity contribution in [1.82, 2.24) is 14.6 Å². The largest absolute Gasteiger partial charge is 0.489 e. The zero-order chi connectivity index (χ0) is 19.7. The van der Waals surface area contributed by atoms with Gasteiger partial charge < -0.3 is 19.5 Å². The van der Waals surface area contributed by atoms with Gasteiger partial charge in [-0.1, -0.05) is 11.6 Å².